The standard InChI is InChI=1S/C8H10N6OS/c9-5(15)3-11-6-4-1-2-16-7(4)13-8(12-6)14-10/h1-2H,3,10H2,(H2,9,15)(H2,11,12,13,14). The zero-order chi connectivity index (χ0) is 11.5. The maximum Gasteiger partial charge on any atom is 0.240 e. The minimum Gasteiger partial charge on any atom is -0.368 e. The molecule has 16 heavy (non-hydrogen) atoms. The van der Waals surface area contributed by atoms with Gasteiger partial charge in [-0.15, -0.1) is 11.3 Å². The van der Waals surface area contributed by atoms with E-state index in [1.807, 2.05) is 11.4 Å². The minimum atomic E-state index is -0.454. The Kier molecular flexibility index (Phi) is 2.84. The van der Waals surface area contributed by atoms with Crippen molar-refractivity contribution in [3.8, 4) is 0 Å². The average molecular weight is 238 g/mol. The van der Waals surface area contributed by atoms with Gasteiger partial charge in [-0.05, 0) is 11.4 Å². The fourth-order valence-corrected chi connectivity index (χ4v) is 1.99. The van der Waals surface area contributed by atoms with E-state index in [4.69, 9.17) is 11.6 Å². The number of nitrogens with two attached hydrogens (primary N) is 2. The second-order valence-electron chi connectivity index (χ2n) is 3.00. The summed E-state index contributed by atoms with van der Waals surface area (Å²) in [5, 5.41) is 5.56. The van der Waals surface area contributed by atoms with Crippen LogP contribution < -0.4 is 22.3 Å². The number of fused-ring (bicyclic) bond motifs is 1. The highest BCUT2D eigenvalue weighted by molar-refractivity contribution is 7.16. The van der Waals surface area contributed by atoms with E-state index in [0.29, 0.717) is 11.8 Å². The number of rotatable bonds is 4. The van der Waals surface area contributed by atoms with E-state index < -0.39 is 5.91 Å². The smallest absolute Gasteiger partial charge is 0.240 e. The predicted octanol–water partition coefficient (Wildman–Crippen LogP) is -0.126. The molecule has 0 saturated heterocycles. The molecule has 0 saturated carbocycles. The Hall–Kier alpha value is -1.93. The molecule has 0 bridgehead atoms. The van der Waals surface area contributed by atoms with E-state index in [1.54, 1.807) is 0 Å². The van der Waals surface area contributed by atoms with E-state index in [-0.39, 0.29) is 6.54 Å². The fraction of sp³-hybridized carbons (Fsp3) is 0.125. The molecule has 7 nitrogen and oxygen atoms in total. The van der Waals surface area contributed by atoms with E-state index in [0.717, 1.165) is 10.2 Å². The molecule has 84 valence electrons. The lowest BCUT2D eigenvalue weighted by Gasteiger charge is -2.06. The molecular formula is C8H10N6OS. The largest absolute Gasteiger partial charge is 0.368 e. The monoisotopic (exact) mass is 238 g/mol. The van der Waals surface area contributed by atoms with Gasteiger partial charge in [0.1, 0.15) is 10.6 Å². The molecule has 0 aromatic carbocycles. The molecule has 8 heteroatoms. The second-order valence-corrected chi connectivity index (χ2v) is 3.89. The number of thiophene rings is 1. The Morgan fingerprint density at radius 3 is 3.00 bits per heavy atom. The van der Waals surface area contributed by atoms with Crippen LogP contribution in [0.1, 0.15) is 0 Å². The fourth-order valence-electron chi connectivity index (χ4n) is 1.23. The van der Waals surface area contributed by atoms with Gasteiger partial charge < -0.3 is 11.1 Å². The molecule has 6 N–H and O–H groups in total. The topological polar surface area (TPSA) is 119 Å². The van der Waals surface area contributed by atoms with Gasteiger partial charge in [0, 0.05) is 0 Å². The van der Waals surface area contributed by atoms with Crippen LogP contribution in [-0.4, -0.2) is 22.4 Å². The van der Waals surface area contributed by atoms with Crippen molar-refractivity contribution in [2.24, 2.45) is 11.6 Å². The molecule has 2 aromatic rings. The Balaban J connectivity index is 2.40. The Morgan fingerprint density at radius 1 is 1.50 bits per heavy atom. The Labute approximate surface area is 94.8 Å². The molecular weight excluding hydrogens is 228 g/mol. The molecule has 2 rings (SSSR count). The van der Waals surface area contributed by atoms with Gasteiger partial charge in [-0.3, -0.25) is 10.2 Å². The van der Waals surface area contributed by atoms with Gasteiger partial charge in [0.25, 0.3) is 0 Å². The van der Waals surface area contributed by atoms with Gasteiger partial charge >= 0.3 is 0 Å². The van der Waals surface area contributed by atoms with Gasteiger partial charge in [0.2, 0.25) is 11.9 Å². The molecule has 0 unspecified atom stereocenters. The van der Waals surface area contributed by atoms with Crippen LogP contribution in [0.2, 0.25) is 0 Å². The minimum absolute atomic E-state index is 0.0198. The Bertz CT molecular complexity index is 524. The van der Waals surface area contributed by atoms with Gasteiger partial charge in [-0.1, -0.05) is 0 Å². The number of primary amides is 1. The summed E-state index contributed by atoms with van der Waals surface area (Å²) in [5.74, 6) is 5.62. The van der Waals surface area contributed by atoms with Crippen LogP contribution in [0, 0.1) is 0 Å². The third-order valence-corrected chi connectivity index (χ3v) is 2.69. The van der Waals surface area contributed by atoms with Gasteiger partial charge in [-0.25, -0.2) is 10.8 Å². The van der Waals surface area contributed by atoms with Crippen LogP contribution in [-0.2, 0) is 4.79 Å². The molecule has 0 aliphatic rings. The lowest BCUT2D eigenvalue weighted by atomic mass is 10.4. The molecule has 2 aromatic heterocycles. The third kappa shape index (κ3) is 2.02. The molecule has 0 radical (unpaired) electrons. The first-order chi connectivity index (χ1) is 7.70. The van der Waals surface area contributed by atoms with Crippen molar-refractivity contribution >= 4 is 39.2 Å². The summed E-state index contributed by atoms with van der Waals surface area (Å²) in [7, 11) is 0. The molecule has 0 aliphatic heterocycles. The second kappa shape index (κ2) is 4.29. The van der Waals surface area contributed by atoms with Gasteiger partial charge in [0.05, 0.1) is 11.9 Å². The highest BCUT2D eigenvalue weighted by Crippen LogP contribution is 2.25. The number of nitrogens with zero attached hydrogens (tertiary/aromatic N) is 2. The summed E-state index contributed by atoms with van der Waals surface area (Å²) in [5.41, 5.74) is 7.41. The van der Waals surface area contributed by atoms with E-state index in [1.165, 1.54) is 11.3 Å². The summed E-state index contributed by atoms with van der Waals surface area (Å²) in [6.07, 6.45) is 0. The lowest BCUT2D eigenvalue weighted by molar-refractivity contribution is -0.116. The molecule has 1 amide bonds. The number of hydrazine groups is 1. The van der Waals surface area contributed by atoms with Crippen LogP contribution in [0.5, 0.6) is 0 Å². The van der Waals surface area contributed by atoms with Crippen molar-refractivity contribution in [1.29, 1.82) is 0 Å². The zero-order valence-electron chi connectivity index (χ0n) is 8.23. The summed E-state index contributed by atoms with van der Waals surface area (Å²) in [4.78, 5) is 19.7. The molecule has 0 fully saturated rings. The van der Waals surface area contributed by atoms with Crippen LogP contribution in [0.15, 0.2) is 11.4 Å². The van der Waals surface area contributed by atoms with Crippen LogP contribution in [0.4, 0.5) is 11.8 Å². The van der Waals surface area contributed by atoms with Crippen LogP contribution in [0.25, 0.3) is 10.2 Å². The number of nitrogens with one attached hydrogen (secondary N) is 2. The van der Waals surface area contributed by atoms with Crippen molar-refractivity contribution in [2.45, 2.75) is 0 Å². The molecule has 0 aliphatic carbocycles. The number of nitrogen functional groups attached to an aromatic ring is 1. The quantitative estimate of drug-likeness (QED) is 0.435. The van der Waals surface area contributed by atoms with Crippen molar-refractivity contribution in [3.63, 3.8) is 0 Å². The number of carbonyl (C=O) groups excluding carboxylic acids is 1. The molecule has 0 atom stereocenters. The number of amides is 1. The first-order valence-electron chi connectivity index (χ1n) is 4.44. The number of carbonyl (C=O) groups is 1. The molecule has 0 spiro atoms. The number of hydrogen-bond donors (Lipinski definition) is 4. The summed E-state index contributed by atoms with van der Waals surface area (Å²) in [6.45, 7) is 0.0198. The van der Waals surface area contributed by atoms with Crippen molar-refractivity contribution in [3.05, 3.63) is 11.4 Å². The zero-order valence-corrected chi connectivity index (χ0v) is 9.04. The van der Waals surface area contributed by atoms with Gasteiger partial charge in [0.15, 0.2) is 0 Å². The molecule has 2 heterocycles. The highest BCUT2D eigenvalue weighted by Gasteiger charge is 2.08. The van der Waals surface area contributed by atoms with Crippen molar-refractivity contribution < 1.29 is 4.79 Å². The highest BCUT2D eigenvalue weighted by atomic mass is 32.1. The number of hydrogen-bond acceptors (Lipinski definition) is 7. The van der Waals surface area contributed by atoms with Gasteiger partial charge in [-0.2, -0.15) is 4.98 Å². The van der Waals surface area contributed by atoms with Crippen LogP contribution in [0.3, 0.4) is 0 Å². The maximum atomic E-state index is 10.7. The third-order valence-electron chi connectivity index (χ3n) is 1.88. The summed E-state index contributed by atoms with van der Waals surface area (Å²) < 4.78 is 0. The average Bonchev–Trinajstić information content (AvgIpc) is 2.73. The Morgan fingerprint density at radius 2 is 2.31 bits per heavy atom. The normalized spacial score (nSPS) is 10.3. The first-order valence-corrected chi connectivity index (χ1v) is 5.32. The predicted molar refractivity (Wildman–Crippen MR) is 62.9 cm³/mol. The lowest BCUT2D eigenvalue weighted by Crippen LogP contribution is -2.22. The van der Waals surface area contributed by atoms with Crippen molar-refractivity contribution in [2.75, 3.05) is 17.3 Å². The number of anilines is 2. The first kappa shape index (κ1) is 10.6. The van der Waals surface area contributed by atoms with Crippen molar-refractivity contribution in [1.82, 2.24) is 9.97 Å². The number of aromatic nitrogens is 2. The van der Waals surface area contributed by atoms with Crippen LogP contribution >= 0.6 is 11.3 Å². The SMILES string of the molecule is NNc1nc(NCC(N)=O)c2ccsc2n1. The summed E-state index contributed by atoms with van der Waals surface area (Å²) >= 11 is 1.46. The van der Waals surface area contributed by atoms with E-state index in [9.17, 15) is 4.79 Å². The van der Waals surface area contributed by atoms with E-state index >= 15 is 0 Å². The van der Waals surface area contributed by atoms with E-state index in [2.05, 4.69) is 20.7 Å². The summed E-state index contributed by atoms with van der Waals surface area (Å²) in [6, 6.07) is 1.86. The maximum absolute atomic E-state index is 10.7.